The lowest BCUT2D eigenvalue weighted by atomic mass is 10.0. The van der Waals surface area contributed by atoms with Crippen molar-refractivity contribution in [1.29, 1.82) is 0 Å². The van der Waals surface area contributed by atoms with Crippen molar-refractivity contribution < 1.29 is 9.52 Å². The van der Waals surface area contributed by atoms with Crippen molar-refractivity contribution >= 4 is 0 Å². The number of aliphatic hydroxyl groups excluding tert-OH is 1. The number of hydrogen-bond acceptors (Lipinski definition) is 4. The van der Waals surface area contributed by atoms with E-state index in [1.807, 2.05) is 12.1 Å². The molecule has 2 atom stereocenters. The molecular weight excluding hydrogens is 204 g/mol. The van der Waals surface area contributed by atoms with Gasteiger partial charge >= 0.3 is 0 Å². The minimum Gasteiger partial charge on any atom is -0.468 e. The Morgan fingerprint density at radius 1 is 1.50 bits per heavy atom. The summed E-state index contributed by atoms with van der Waals surface area (Å²) >= 11 is 0. The number of likely N-dealkylation sites (N-methyl/N-ethyl adjacent to an activating group) is 1. The summed E-state index contributed by atoms with van der Waals surface area (Å²) in [5.74, 6) is 0.879. The molecule has 0 saturated heterocycles. The van der Waals surface area contributed by atoms with Crippen LogP contribution in [0, 0.1) is 0 Å². The zero-order valence-corrected chi connectivity index (χ0v) is 10.1. The molecule has 16 heavy (non-hydrogen) atoms. The fourth-order valence-corrected chi connectivity index (χ4v) is 1.97. The van der Waals surface area contributed by atoms with E-state index in [1.165, 1.54) is 0 Å². The Kier molecular flexibility index (Phi) is 5.52. The molecule has 0 saturated carbocycles. The maximum Gasteiger partial charge on any atom is 0.122 e. The second-order valence-electron chi connectivity index (χ2n) is 3.88. The molecule has 0 aliphatic heterocycles. The number of aliphatic hydroxyl groups is 1. The molecule has 4 nitrogen and oxygen atoms in total. The van der Waals surface area contributed by atoms with E-state index < -0.39 is 0 Å². The first-order chi connectivity index (χ1) is 7.74. The largest absolute Gasteiger partial charge is 0.468 e. The zero-order valence-electron chi connectivity index (χ0n) is 10.1. The maximum absolute atomic E-state index is 9.06. The molecule has 0 radical (unpaired) electrons. The summed E-state index contributed by atoms with van der Waals surface area (Å²) in [5.41, 5.74) is 6.13. The molecule has 1 aromatic rings. The second kappa shape index (κ2) is 6.68. The Morgan fingerprint density at radius 2 is 2.25 bits per heavy atom. The van der Waals surface area contributed by atoms with Crippen LogP contribution < -0.4 is 5.73 Å². The van der Waals surface area contributed by atoms with E-state index in [0.29, 0.717) is 6.54 Å². The van der Waals surface area contributed by atoms with Crippen molar-refractivity contribution in [1.82, 2.24) is 4.90 Å². The van der Waals surface area contributed by atoms with Crippen LogP contribution in [0.3, 0.4) is 0 Å². The van der Waals surface area contributed by atoms with Gasteiger partial charge in [-0.05, 0) is 25.1 Å². The number of hydrogen-bond donors (Lipinski definition) is 2. The highest BCUT2D eigenvalue weighted by molar-refractivity contribution is 5.07. The van der Waals surface area contributed by atoms with Crippen LogP contribution in [0.4, 0.5) is 0 Å². The van der Waals surface area contributed by atoms with E-state index in [0.717, 1.165) is 18.7 Å². The van der Waals surface area contributed by atoms with Crippen molar-refractivity contribution in [2.45, 2.75) is 32.4 Å². The summed E-state index contributed by atoms with van der Waals surface area (Å²) in [4.78, 5) is 2.15. The summed E-state index contributed by atoms with van der Waals surface area (Å²) in [7, 11) is 0. The first-order valence-corrected chi connectivity index (χ1v) is 5.88. The molecule has 0 amide bonds. The summed E-state index contributed by atoms with van der Waals surface area (Å²) in [6.45, 7) is 5.73. The van der Waals surface area contributed by atoms with Gasteiger partial charge in [-0.15, -0.1) is 0 Å². The Morgan fingerprint density at radius 3 is 2.69 bits per heavy atom. The van der Waals surface area contributed by atoms with Gasteiger partial charge in [-0.25, -0.2) is 0 Å². The number of rotatable bonds is 7. The third-order valence-corrected chi connectivity index (χ3v) is 2.90. The maximum atomic E-state index is 9.06. The lowest BCUT2D eigenvalue weighted by molar-refractivity contribution is 0.123. The van der Waals surface area contributed by atoms with Crippen molar-refractivity contribution in [2.24, 2.45) is 5.73 Å². The van der Waals surface area contributed by atoms with Crippen molar-refractivity contribution in [2.75, 3.05) is 19.7 Å². The standard InChI is InChI=1S/C12H22N2O2/c1-3-10(13)12(11-6-5-9-16-11)14(4-2)7-8-15/h5-6,9-10,12,15H,3-4,7-8,13H2,1-2H3. The Labute approximate surface area is 97.0 Å². The van der Waals surface area contributed by atoms with E-state index in [4.69, 9.17) is 15.3 Å². The molecule has 1 rings (SSSR count). The van der Waals surface area contributed by atoms with E-state index in [1.54, 1.807) is 6.26 Å². The predicted molar refractivity (Wildman–Crippen MR) is 64.0 cm³/mol. The quantitative estimate of drug-likeness (QED) is 0.737. The molecule has 0 aliphatic rings. The van der Waals surface area contributed by atoms with Gasteiger partial charge in [0.05, 0.1) is 18.9 Å². The minimum absolute atomic E-state index is 0.0256. The van der Waals surface area contributed by atoms with Crippen LogP contribution in [0.1, 0.15) is 32.1 Å². The normalized spacial score (nSPS) is 15.3. The van der Waals surface area contributed by atoms with Crippen LogP contribution in [0.5, 0.6) is 0 Å². The smallest absolute Gasteiger partial charge is 0.122 e. The van der Waals surface area contributed by atoms with Crippen LogP contribution >= 0.6 is 0 Å². The molecule has 0 bridgehead atoms. The minimum atomic E-state index is 0.0256. The molecule has 4 heteroatoms. The van der Waals surface area contributed by atoms with Crippen LogP contribution in [0.2, 0.25) is 0 Å². The van der Waals surface area contributed by atoms with Gasteiger partial charge in [-0.2, -0.15) is 0 Å². The summed E-state index contributed by atoms with van der Waals surface area (Å²) in [6.07, 6.45) is 2.55. The van der Waals surface area contributed by atoms with Crippen LogP contribution in [-0.2, 0) is 0 Å². The number of nitrogens with two attached hydrogens (primary N) is 1. The van der Waals surface area contributed by atoms with Crippen molar-refractivity contribution in [3.63, 3.8) is 0 Å². The first-order valence-electron chi connectivity index (χ1n) is 5.88. The number of furan rings is 1. The molecular formula is C12H22N2O2. The van der Waals surface area contributed by atoms with Gasteiger partial charge in [0.2, 0.25) is 0 Å². The predicted octanol–water partition coefficient (Wildman–Crippen LogP) is 1.37. The molecule has 3 N–H and O–H groups in total. The third-order valence-electron chi connectivity index (χ3n) is 2.90. The highest BCUT2D eigenvalue weighted by atomic mass is 16.3. The van der Waals surface area contributed by atoms with Gasteiger partial charge < -0.3 is 15.3 Å². The molecule has 0 spiro atoms. The summed E-state index contributed by atoms with van der Waals surface area (Å²) in [5, 5.41) is 9.06. The molecule has 2 unspecified atom stereocenters. The van der Waals surface area contributed by atoms with Gasteiger partial charge in [0.25, 0.3) is 0 Å². The van der Waals surface area contributed by atoms with E-state index in [2.05, 4.69) is 18.7 Å². The SMILES string of the molecule is CCC(N)C(c1ccco1)N(CC)CCO. The van der Waals surface area contributed by atoms with Gasteiger partial charge in [0.15, 0.2) is 0 Å². The Bertz CT molecular complexity index is 275. The highest BCUT2D eigenvalue weighted by Crippen LogP contribution is 2.24. The average Bonchev–Trinajstić information content (AvgIpc) is 2.81. The summed E-state index contributed by atoms with van der Waals surface area (Å²) < 4.78 is 5.44. The van der Waals surface area contributed by atoms with Gasteiger partial charge in [0, 0.05) is 12.6 Å². The van der Waals surface area contributed by atoms with Crippen LogP contribution in [0.25, 0.3) is 0 Å². The van der Waals surface area contributed by atoms with E-state index in [-0.39, 0.29) is 18.7 Å². The molecule has 0 aliphatic carbocycles. The highest BCUT2D eigenvalue weighted by Gasteiger charge is 2.26. The Balaban J connectivity index is 2.85. The molecule has 92 valence electrons. The van der Waals surface area contributed by atoms with Gasteiger partial charge in [-0.3, -0.25) is 4.90 Å². The molecule has 0 fully saturated rings. The van der Waals surface area contributed by atoms with Gasteiger partial charge in [-0.1, -0.05) is 13.8 Å². The summed E-state index contributed by atoms with van der Waals surface area (Å²) in [6, 6.07) is 3.90. The molecule has 1 heterocycles. The average molecular weight is 226 g/mol. The van der Waals surface area contributed by atoms with Crippen LogP contribution in [-0.4, -0.2) is 35.7 Å². The lowest BCUT2D eigenvalue weighted by Crippen LogP contribution is -2.41. The number of nitrogens with zero attached hydrogens (tertiary/aromatic N) is 1. The van der Waals surface area contributed by atoms with E-state index >= 15 is 0 Å². The Hall–Kier alpha value is -0.840. The topological polar surface area (TPSA) is 62.6 Å². The monoisotopic (exact) mass is 226 g/mol. The van der Waals surface area contributed by atoms with E-state index in [9.17, 15) is 0 Å². The first kappa shape index (κ1) is 13.2. The van der Waals surface area contributed by atoms with Gasteiger partial charge in [0.1, 0.15) is 5.76 Å². The molecule has 1 aromatic heterocycles. The fraction of sp³-hybridized carbons (Fsp3) is 0.667. The zero-order chi connectivity index (χ0) is 12.0. The van der Waals surface area contributed by atoms with Crippen molar-refractivity contribution in [3.8, 4) is 0 Å². The fourth-order valence-electron chi connectivity index (χ4n) is 1.97. The van der Waals surface area contributed by atoms with Crippen molar-refractivity contribution in [3.05, 3.63) is 24.2 Å². The van der Waals surface area contributed by atoms with Crippen LogP contribution in [0.15, 0.2) is 22.8 Å². The third kappa shape index (κ3) is 3.07. The lowest BCUT2D eigenvalue weighted by Gasteiger charge is -2.32. The molecule has 0 aromatic carbocycles. The second-order valence-corrected chi connectivity index (χ2v) is 3.88.